The monoisotopic (exact) mass is 294 g/mol. The van der Waals surface area contributed by atoms with Gasteiger partial charge in [-0.3, -0.25) is 4.79 Å². The fraction of sp³-hybridized carbons (Fsp3) is 0.750. The molecule has 5 nitrogen and oxygen atoms in total. The van der Waals surface area contributed by atoms with Crippen LogP contribution >= 0.6 is 0 Å². The third-order valence-corrected chi connectivity index (χ3v) is 4.14. The van der Waals surface area contributed by atoms with Gasteiger partial charge in [0.1, 0.15) is 6.10 Å². The Morgan fingerprint density at radius 3 is 2.57 bits per heavy atom. The van der Waals surface area contributed by atoms with Crippen molar-refractivity contribution in [3.05, 3.63) is 12.7 Å². The van der Waals surface area contributed by atoms with Crippen molar-refractivity contribution >= 4 is 5.91 Å². The minimum absolute atomic E-state index is 0.0354. The summed E-state index contributed by atoms with van der Waals surface area (Å²) >= 11 is 0. The summed E-state index contributed by atoms with van der Waals surface area (Å²) < 4.78 is 5.87. The zero-order chi connectivity index (χ0) is 16.2. The Balaban J connectivity index is 2.82. The summed E-state index contributed by atoms with van der Waals surface area (Å²) in [5, 5.41) is 19.6. The fourth-order valence-corrected chi connectivity index (χ4v) is 2.58. The summed E-state index contributed by atoms with van der Waals surface area (Å²) in [6, 6.07) is 1.67. The van der Waals surface area contributed by atoms with E-state index in [1.165, 1.54) is 0 Å². The number of aliphatic hydroxyl groups excluding tert-OH is 1. The average molecular weight is 294 g/mol. The molecule has 5 heteroatoms. The Morgan fingerprint density at radius 2 is 2.14 bits per heavy atom. The number of nitriles is 1. The Labute approximate surface area is 127 Å². The largest absolute Gasteiger partial charge is 0.388 e. The van der Waals surface area contributed by atoms with Crippen LogP contribution in [-0.4, -0.2) is 46.3 Å². The van der Waals surface area contributed by atoms with Gasteiger partial charge >= 0.3 is 0 Å². The second kappa shape index (κ2) is 7.06. The van der Waals surface area contributed by atoms with Crippen molar-refractivity contribution in [2.45, 2.75) is 64.4 Å². The standard InChI is InChI=1S/C16H26N2O3/c1-6-13(18-9-7-8-14(18)19)15(20)16(4,5)21-12(3)11(2)10-17/h6,11-13,15,20H,1,7-9H2,2-5H3/t11-,12?,13-,15+/m1/s1. The number of rotatable bonds is 7. The molecule has 0 radical (unpaired) electrons. The lowest BCUT2D eigenvalue weighted by atomic mass is 9.92. The van der Waals surface area contributed by atoms with Crippen LogP contribution in [-0.2, 0) is 9.53 Å². The topological polar surface area (TPSA) is 73.6 Å². The number of ether oxygens (including phenoxy) is 1. The first kappa shape index (κ1) is 17.7. The minimum atomic E-state index is -0.898. The molecule has 1 rings (SSSR count). The lowest BCUT2D eigenvalue weighted by Crippen LogP contribution is -2.54. The van der Waals surface area contributed by atoms with E-state index in [-0.39, 0.29) is 17.9 Å². The van der Waals surface area contributed by atoms with Crippen LogP contribution in [0.15, 0.2) is 12.7 Å². The van der Waals surface area contributed by atoms with E-state index in [4.69, 9.17) is 10.00 Å². The highest BCUT2D eigenvalue weighted by Crippen LogP contribution is 2.27. The van der Waals surface area contributed by atoms with Crippen LogP contribution in [0.25, 0.3) is 0 Å². The number of amides is 1. The van der Waals surface area contributed by atoms with Crippen LogP contribution in [0, 0.1) is 17.2 Å². The number of nitrogens with zero attached hydrogens (tertiary/aromatic N) is 2. The summed E-state index contributed by atoms with van der Waals surface area (Å²) in [5.74, 6) is -0.236. The Bertz CT molecular complexity index is 428. The van der Waals surface area contributed by atoms with Gasteiger partial charge in [0.25, 0.3) is 0 Å². The van der Waals surface area contributed by atoms with Crippen molar-refractivity contribution in [3.63, 3.8) is 0 Å². The number of carbonyl (C=O) groups is 1. The lowest BCUT2D eigenvalue weighted by Gasteiger charge is -2.40. The quantitative estimate of drug-likeness (QED) is 0.727. The molecule has 0 spiro atoms. The van der Waals surface area contributed by atoms with E-state index in [0.717, 1.165) is 6.42 Å². The van der Waals surface area contributed by atoms with Crippen molar-refractivity contribution in [2.24, 2.45) is 5.92 Å². The summed E-state index contributed by atoms with van der Waals surface area (Å²) in [6.45, 7) is 11.5. The smallest absolute Gasteiger partial charge is 0.223 e. The zero-order valence-corrected chi connectivity index (χ0v) is 13.4. The molecule has 1 aliphatic heterocycles. The highest BCUT2D eigenvalue weighted by Gasteiger charge is 2.40. The van der Waals surface area contributed by atoms with E-state index < -0.39 is 17.7 Å². The maximum absolute atomic E-state index is 11.9. The number of carbonyl (C=O) groups excluding carboxylic acids is 1. The molecule has 0 aromatic heterocycles. The van der Waals surface area contributed by atoms with Crippen molar-refractivity contribution in [1.82, 2.24) is 4.90 Å². The van der Waals surface area contributed by atoms with Crippen molar-refractivity contribution in [3.8, 4) is 6.07 Å². The molecule has 1 unspecified atom stereocenters. The molecule has 0 aromatic carbocycles. The average Bonchev–Trinajstić information content (AvgIpc) is 2.84. The summed E-state index contributed by atoms with van der Waals surface area (Å²) in [7, 11) is 0. The third-order valence-electron chi connectivity index (χ3n) is 4.14. The second-order valence-electron chi connectivity index (χ2n) is 6.21. The molecule has 0 aliphatic carbocycles. The van der Waals surface area contributed by atoms with Gasteiger partial charge < -0.3 is 14.7 Å². The lowest BCUT2D eigenvalue weighted by molar-refractivity contribution is -0.157. The molecule has 1 fully saturated rings. The highest BCUT2D eigenvalue weighted by molar-refractivity contribution is 5.78. The molecule has 1 heterocycles. The first-order valence-electron chi connectivity index (χ1n) is 7.42. The van der Waals surface area contributed by atoms with E-state index in [1.54, 1.807) is 31.7 Å². The molecule has 1 amide bonds. The summed E-state index contributed by atoms with van der Waals surface area (Å²) in [6.07, 6.45) is 1.71. The van der Waals surface area contributed by atoms with Gasteiger partial charge in [0, 0.05) is 13.0 Å². The van der Waals surface area contributed by atoms with Gasteiger partial charge in [0.15, 0.2) is 0 Å². The molecule has 0 bridgehead atoms. The van der Waals surface area contributed by atoms with Gasteiger partial charge in [-0.25, -0.2) is 0 Å². The van der Waals surface area contributed by atoms with Crippen LogP contribution < -0.4 is 0 Å². The third kappa shape index (κ3) is 4.05. The SMILES string of the molecule is C=C[C@H]([C@H](O)C(C)(C)OC(C)[C@H](C)C#N)N1CCCC1=O. The number of hydrogen-bond acceptors (Lipinski definition) is 4. The van der Waals surface area contributed by atoms with Crippen LogP contribution in [0.2, 0.25) is 0 Å². The molecular formula is C16H26N2O3. The number of hydrogen-bond donors (Lipinski definition) is 1. The van der Waals surface area contributed by atoms with Crippen LogP contribution in [0.5, 0.6) is 0 Å². The van der Waals surface area contributed by atoms with E-state index in [0.29, 0.717) is 13.0 Å². The van der Waals surface area contributed by atoms with E-state index >= 15 is 0 Å². The van der Waals surface area contributed by atoms with Gasteiger partial charge in [-0.05, 0) is 34.1 Å². The van der Waals surface area contributed by atoms with Gasteiger partial charge in [0.2, 0.25) is 5.91 Å². The normalized spacial score (nSPS) is 21.5. The summed E-state index contributed by atoms with van der Waals surface area (Å²) in [5.41, 5.74) is -0.883. The number of likely N-dealkylation sites (tertiary alicyclic amines) is 1. The van der Waals surface area contributed by atoms with Crippen molar-refractivity contribution < 1.29 is 14.6 Å². The van der Waals surface area contributed by atoms with E-state index in [9.17, 15) is 9.90 Å². The predicted molar refractivity (Wildman–Crippen MR) is 80.3 cm³/mol. The Kier molecular flexibility index (Phi) is 5.94. The van der Waals surface area contributed by atoms with Crippen LogP contribution in [0.3, 0.4) is 0 Å². The summed E-state index contributed by atoms with van der Waals surface area (Å²) in [4.78, 5) is 13.5. The minimum Gasteiger partial charge on any atom is -0.388 e. The molecule has 21 heavy (non-hydrogen) atoms. The maximum atomic E-state index is 11.9. The van der Waals surface area contributed by atoms with Gasteiger partial charge in [0.05, 0.1) is 29.7 Å². The van der Waals surface area contributed by atoms with Crippen molar-refractivity contribution in [1.29, 1.82) is 5.26 Å². The van der Waals surface area contributed by atoms with Gasteiger partial charge in [-0.1, -0.05) is 6.08 Å². The van der Waals surface area contributed by atoms with E-state index in [2.05, 4.69) is 12.6 Å². The molecule has 1 N–H and O–H groups in total. The fourth-order valence-electron chi connectivity index (χ4n) is 2.58. The molecule has 1 saturated heterocycles. The van der Waals surface area contributed by atoms with Gasteiger partial charge in [-0.15, -0.1) is 6.58 Å². The van der Waals surface area contributed by atoms with Crippen LogP contribution in [0.4, 0.5) is 0 Å². The number of aliphatic hydroxyl groups is 1. The first-order valence-corrected chi connectivity index (χ1v) is 7.42. The zero-order valence-electron chi connectivity index (χ0n) is 13.4. The molecule has 0 saturated carbocycles. The van der Waals surface area contributed by atoms with Crippen LogP contribution in [0.1, 0.15) is 40.5 Å². The van der Waals surface area contributed by atoms with E-state index in [1.807, 2.05) is 6.92 Å². The second-order valence-corrected chi connectivity index (χ2v) is 6.21. The Hall–Kier alpha value is -1.38. The van der Waals surface area contributed by atoms with Gasteiger partial charge in [-0.2, -0.15) is 5.26 Å². The molecular weight excluding hydrogens is 268 g/mol. The van der Waals surface area contributed by atoms with Crippen molar-refractivity contribution in [2.75, 3.05) is 6.54 Å². The first-order chi connectivity index (χ1) is 9.74. The molecule has 1 aliphatic rings. The maximum Gasteiger partial charge on any atom is 0.223 e. The highest BCUT2D eigenvalue weighted by atomic mass is 16.5. The molecule has 0 aromatic rings. The predicted octanol–water partition coefficient (Wildman–Crippen LogP) is 1.87. The molecule has 118 valence electrons. The Morgan fingerprint density at radius 1 is 1.52 bits per heavy atom. The molecule has 4 atom stereocenters.